The van der Waals surface area contributed by atoms with Crippen molar-refractivity contribution in [3.8, 4) is 0 Å². The lowest BCUT2D eigenvalue weighted by molar-refractivity contribution is 0.282. The Balaban J connectivity index is 2.81. The van der Waals surface area contributed by atoms with E-state index in [0.717, 1.165) is 13.1 Å². The van der Waals surface area contributed by atoms with Gasteiger partial charge in [0.25, 0.3) is 0 Å². The van der Waals surface area contributed by atoms with Crippen molar-refractivity contribution in [2.24, 2.45) is 0 Å². The SMILES string of the molecule is CCN(CC)CC(C)NS(=O)(=O)c1ccc(N)c(Br)c1. The van der Waals surface area contributed by atoms with E-state index < -0.39 is 10.0 Å². The van der Waals surface area contributed by atoms with Crippen LogP contribution >= 0.6 is 15.9 Å². The molecule has 0 aliphatic heterocycles. The summed E-state index contributed by atoms with van der Waals surface area (Å²) in [5.74, 6) is 0. The highest BCUT2D eigenvalue weighted by atomic mass is 79.9. The number of rotatable bonds is 7. The largest absolute Gasteiger partial charge is 0.398 e. The maximum Gasteiger partial charge on any atom is 0.240 e. The van der Waals surface area contributed by atoms with Crippen molar-refractivity contribution in [1.29, 1.82) is 0 Å². The van der Waals surface area contributed by atoms with Gasteiger partial charge in [0.05, 0.1) is 4.90 Å². The molecule has 1 unspecified atom stereocenters. The first kappa shape index (κ1) is 17.4. The van der Waals surface area contributed by atoms with E-state index in [1.54, 1.807) is 6.07 Å². The van der Waals surface area contributed by atoms with Crippen LogP contribution in [0.15, 0.2) is 27.6 Å². The summed E-state index contributed by atoms with van der Waals surface area (Å²) in [6.07, 6.45) is 0. The van der Waals surface area contributed by atoms with Crippen LogP contribution in [0.4, 0.5) is 5.69 Å². The Morgan fingerprint density at radius 1 is 1.35 bits per heavy atom. The zero-order valence-corrected chi connectivity index (χ0v) is 14.5. The molecule has 1 atom stereocenters. The molecule has 114 valence electrons. The molecule has 1 rings (SSSR count). The van der Waals surface area contributed by atoms with Crippen LogP contribution in [0, 0.1) is 0 Å². The summed E-state index contributed by atoms with van der Waals surface area (Å²) < 4.78 is 27.8. The Morgan fingerprint density at radius 2 is 1.95 bits per heavy atom. The van der Waals surface area contributed by atoms with Crippen molar-refractivity contribution < 1.29 is 8.42 Å². The minimum Gasteiger partial charge on any atom is -0.398 e. The predicted octanol–water partition coefficient (Wildman–Crippen LogP) is 2.04. The molecular weight excluding hydrogens is 342 g/mol. The van der Waals surface area contributed by atoms with Crippen molar-refractivity contribution in [3.63, 3.8) is 0 Å². The minimum absolute atomic E-state index is 0.156. The molecule has 7 heteroatoms. The molecule has 20 heavy (non-hydrogen) atoms. The van der Waals surface area contributed by atoms with Crippen LogP contribution in [0.25, 0.3) is 0 Å². The molecule has 0 aromatic heterocycles. The highest BCUT2D eigenvalue weighted by Gasteiger charge is 2.19. The quantitative estimate of drug-likeness (QED) is 0.726. The molecule has 0 amide bonds. The van der Waals surface area contributed by atoms with E-state index in [1.165, 1.54) is 12.1 Å². The summed E-state index contributed by atoms with van der Waals surface area (Å²) in [5.41, 5.74) is 6.18. The van der Waals surface area contributed by atoms with Crippen molar-refractivity contribution in [2.75, 3.05) is 25.4 Å². The Hall–Kier alpha value is -0.630. The second-order valence-electron chi connectivity index (χ2n) is 4.69. The highest BCUT2D eigenvalue weighted by Crippen LogP contribution is 2.23. The topological polar surface area (TPSA) is 75.4 Å². The Bertz CT molecular complexity index is 545. The fourth-order valence-corrected chi connectivity index (χ4v) is 3.71. The molecular formula is C13H22BrN3O2S. The fourth-order valence-electron chi connectivity index (χ4n) is 1.91. The van der Waals surface area contributed by atoms with E-state index in [2.05, 4.69) is 39.4 Å². The van der Waals surface area contributed by atoms with Gasteiger partial charge in [-0.1, -0.05) is 13.8 Å². The lowest BCUT2D eigenvalue weighted by atomic mass is 10.3. The maximum atomic E-state index is 12.3. The molecule has 0 heterocycles. The Morgan fingerprint density at radius 3 is 2.45 bits per heavy atom. The molecule has 0 radical (unpaired) electrons. The third-order valence-corrected chi connectivity index (χ3v) is 5.34. The summed E-state index contributed by atoms with van der Waals surface area (Å²) in [7, 11) is -3.52. The normalized spacial score (nSPS) is 13.7. The van der Waals surface area contributed by atoms with Gasteiger partial charge in [0.1, 0.15) is 0 Å². The smallest absolute Gasteiger partial charge is 0.240 e. The van der Waals surface area contributed by atoms with Crippen LogP contribution in [0.5, 0.6) is 0 Å². The number of benzene rings is 1. The standard InChI is InChI=1S/C13H22BrN3O2S/c1-4-17(5-2)9-10(3)16-20(18,19)11-6-7-13(15)12(14)8-11/h6-8,10,16H,4-5,9,15H2,1-3H3. The van der Waals surface area contributed by atoms with Crippen LogP contribution in [0.3, 0.4) is 0 Å². The summed E-state index contributed by atoms with van der Waals surface area (Å²) >= 11 is 3.24. The second-order valence-corrected chi connectivity index (χ2v) is 7.26. The zero-order valence-electron chi connectivity index (χ0n) is 12.1. The number of hydrogen-bond acceptors (Lipinski definition) is 4. The van der Waals surface area contributed by atoms with Crippen LogP contribution in [0.2, 0.25) is 0 Å². The number of nitrogen functional groups attached to an aromatic ring is 1. The monoisotopic (exact) mass is 363 g/mol. The molecule has 3 N–H and O–H groups in total. The van der Waals surface area contributed by atoms with Gasteiger partial charge in [0.15, 0.2) is 0 Å². The molecule has 1 aromatic carbocycles. The Kier molecular flexibility index (Phi) is 6.44. The number of nitrogens with zero attached hydrogens (tertiary/aromatic N) is 1. The van der Waals surface area contributed by atoms with Gasteiger partial charge >= 0.3 is 0 Å². The lowest BCUT2D eigenvalue weighted by Crippen LogP contribution is -2.41. The van der Waals surface area contributed by atoms with Gasteiger partial charge in [0, 0.05) is 22.7 Å². The fraction of sp³-hybridized carbons (Fsp3) is 0.538. The molecule has 0 bridgehead atoms. The van der Waals surface area contributed by atoms with Gasteiger partial charge in [0.2, 0.25) is 10.0 Å². The molecule has 0 aliphatic carbocycles. The molecule has 0 saturated carbocycles. The predicted molar refractivity (Wildman–Crippen MR) is 86.1 cm³/mol. The van der Waals surface area contributed by atoms with Crippen LogP contribution in [-0.4, -0.2) is 39.0 Å². The summed E-state index contributed by atoms with van der Waals surface area (Å²) in [6.45, 7) is 8.46. The minimum atomic E-state index is -3.52. The van der Waals surface area contributed by atoms with Crippen molar-refractivity contribution >= 4 is 31.6 Å². The van der Waals surface area contributed by atoms with E-state index >= 15 is 0 Å². The lowest BCUT2D eigenvalue weighted by Gasteiger charge is -2.23. The first-order chi connectivity index (χ1) is 9.30. The van der Waals surface area contributed by atoms with Crippen LogP contribution < -0.4 is 10.5 Å². The third-order valence-electron chi connectivity index (χ3n) is 3.07. The number of likely N-dealkylation sites (N-methyl/N-ethyl adjacent to an activating group) is 1. The average Bonchev–Trinajstić information content (AvgIpc) is 2.38. The Labute approximate surface area is 129 Å². The molecule has 0 spiro atoms. The molecule has 1 aromatic rings. The third kappa shape index (κ3) is 4.73. The number of nitrogens with one attached hydrogen (secondary N) is 1. The first-order valence-electron chi connectivity index (χ1n) is 6.59. The average molecular weight is 364 g/mol. The van der Waals surface area contributed by atoms with Gasteiger partial charge in [-0.15, -0.1) is 0 Å². The molecule has 0 saturated heterocycles. The summed E-state index contributed by atoms with van der Waals surface area (Å²) in [5, 5.41) is 0. The van der Waals surface area contributed by atoms with Gasteiger partial charge in [-0.25, -0.2) is 13.1 Å². The van der Waals surface area contributed by atoms with Crippen molar-refractivity contribution in [2.45, 2.75) is 31.7 Å². The van der Waals surface area contributed by atoms with Gasteiger partial charge < -0.3 is 10.6 Å². The summed E-state index contributed by atoms with van der Waals surface area (Å²) in [6, 6.07) is 4.44. The zero-order chi connectivity index (χ0) is 15.3. The molecule has 0 aliphatic rings. The van der Waals surface area contributed by atoms with Crippen LogP contribution in [-0.2, 0) is 10.0 Å². The molecule has 0 fully saturated rings. The maximum absolute atomic E-state index is 12.3. The van der Waals surface area contributed by atoms with Gasteiger partial charge in [-0.2, -0.15) is 0 Å². The van der Waals surface area contributed by atoms with E-state index in [9.17, 15) is 8.42 Å². The van der Waals surface area contributed by atoms with E-state index in [4.69, 9.17) is 5.73 Å². The highest BCUT2D eigenvalue weighted by molar-refractivity contribution is 9.10. The number of hydrogen-bond donors (Lipinski definition) is 2. The summed E-state index contributed by atoms with van der Waals surface area (Å²) in [4.78, 5) is 2.39. The number of sulfonamides is 1. The van der Waals surface area contributed by atoms with E-state index in [-0.39, 0.29) is 10.9 Å². The van der Waals surface area contributed by atoms with E-state index in [0.29, 0.717) is 16.7 Å². The van der Waals surface area contributed by atoms with Crippen molar-refractivity contribution in [1.82, 2.24) is 9.62 Å². The molecule has 5 nitrogen and oxygen atoms in total. The van der Waals surface area contributed by atoms with Gasteiger partial charge in [-0.05, 0) is 54.1 Å². The van der Waals surface area contributed by atoms with Crippen molar-refractivity contribution in [3.05, 3.63) is 22.7 Å². The first-order valence-corrected chi connectivity index (χ1v) is 8.87. The second kappa shape index (κ2) is 7.40. The number of halogens is 1. The van der Waals surface area contributed by atoms with Crippen LogP contribution in [0.1, 0.15) is 20.8 Å². The van der Waals surface area contributed by atoms with Gasteiger partial charge in [-0.3, -0.25) is 0 Å². The number of anilines is 1. The number of nitrogens with two attached hydrogens (primary N) is 1. The van der Waals surface area contributed by atoms with E-state index in [1.807, 2.05) is 6.92 Å².